The van der Waals surface area contributed by atoms with E-state index in [1.807, 2.05) is 24.3 Å². The molecule has 0 radical (unpaired) electrons. The number of benzene rings is 1. The minimum atomic E-state index is 0.615. The fraction of sp³-hybridized carbons (Fsp3) is 0.0833. The van der Waals surface area contributed by atoms with Gasteiger partial charge in [-0.3, -0.25) is 0 Å². The lowest BCUT2D eigenvalue weighted by Gasteiger charge is -2.08. The van der Waals surface area contributed by atoms with E-state index in [0.29, 0.717) is 5.02 Å². The summed E-state index contributed by atoms with van der Waals surface area (Å²) in [5.41, 5.74) is 0.903. The average molecular weight is 314 g/mol. The van der Waals surface area contributed by atoms with Crippen LogP contribution >= 0.6 is 27.5 Å². The number of hydrogen-bond donors (Lipinski definition) is 1. The van der Waals surface area contributed by atoms with Gasteiger partial charge in [0, 0.05) is 18.0 Å². The van der Waals surface area contributed by atoms with Crippen LogP contribution in [0.2, 0.25) is 5.02 Å². The lowest BCUT2D eigenvalue weighted by atomic mass is 10.3. The van der Waals surface area contributed by atoms with Gasteiger partial charge in [-0.15, -0.1) is 0 Å². The number of nitrogens with zero attached hydrogens (tertiary/aromatic N) is 1. The Labute approximate surface area is 113 Å². The lowest BCUT2D eigenvalue weighted by Crippen LogP contribution is -1.94. The minimum absolute atomic E-state index is 0.615. The van der Waals surface area contributed by atoms with E-state index in [2.05, 4.69) is 26.2 Å². The summed E-state index contributed by atoms with van der Waals surface area (Å²) in [5.74, 6) is 1.50. The van der Waals surface area contributed by atoms with Crippen LogP contribution in [-0.4, -0.2) is 12.1 Å². The van der Waals surface area contributed by atoms with Gasteiger partial charge in [0.25, 0.3) is 0 Å². The fourth-order valence-corrected chi connectivity index (χ4v) is 1.86. The number of ether oxygens (including phenoxy) is 1. The van der Waals surface area contributed by atoms with Crippen LogP contribution in [0.15, 0.2) is 41.0 Å². The van der Waals surface area contributed by atoms with Crippen molar-refractivity contribution in [1.29, 1.82) is 0 Å². The zero-order valence-corrected chi connectivity index (χ0v) is 11.4. The number of anilines is 2. The van der Waals surface area contributed by atoms with Crippen LogP contribution < -0.4 is 10.1 Å². The van der Waals surface area contributed by atoms with E-state index in [9.17, 15) is 0 Å². The molecule has 0 amide bonds. The number of methoxy groups -OCH3 is 1. The Morgan fingerprint density at radius 3 is 2.76 bits per heavy atom. The van der Waals surface area contributed by atoms with Gasteiger partial charge >= 0.3 is 0 Å². The molecule has 1 aromatic carbocycles. The molecule has 88 valence electrons. The van der Waals surface area contributed by atoms with Gasteiger partial charge in [0.15, 0.2) is 0 Å². The first-order chi connectivity index (χ1) is 8.19. The van der Waals surface area contributed by atoms with Crippen molar-refractivity contribution in [3.05, 3.63) is 46.0 Å². The SMILES string of the molecule is COc1cc(Nc2ccc(Cl)cn2)ccc1Br. The van der Waals surface area contributed by atoms with E-state index in [-0.39, 0.29) is 0 Å². The summed E-state index contributed by atoms with van der Waals surface area (Å²) < 4.78 is 6.13. The third-order valence-electron chi connectivity index (χ3n) is 2.15. The second-order valence-electron chi connectivity index (χ2n) is 3.34. The Morgan fingerprint density at radius 2 is 2.12 bits per heavy atom. The number of halogens is 2. The first kappa shape index (κ1) is 12.2. The van der Waals surface area contributed by atoms with E-state index >= 15 is 0 Å². The molecule has 0 bridgehead atoms. The summed E-state index contributed by atoms with van der Waals surface area (Å²) in [6.07, 6.45) is 1.60. The van der Waals surface area contributed by atoms with Gasteiger partial charge in [0.2, 0.25) is 0 Å². The first-order valence-electron chi connectivity index (χ1n) is 4.91. The van der Waals surface area contributed by atoms with Gasteiger partial charge in [-0.2, -0.15) is 0 Å². The van der Waals surface area contributed by atoms with E-state index in [4.69, 9.17) is 16.3 Å². The second-order valence-corrected chi connectivity index (χ2v) is 4.63. The summed E-state index contributed by atoms with van der Waals surface area (Å²) in [6, 6.07) is 9.34. The molecule has 5 heteroatoms. The van der Waals surface area contributed by atoms with Crippen molar-refractivity contribution >= 4 is 39.0 Å². The highest BCUT2D eigenvalue weighted by Crippen LogP contribution is 2.29. The number of pyridine rings is 1. The van der Waals surface area contributed by atoms with Gasteiger partial charge in [-0.25, -0.2) is 4.98 Å². The van der Waals surface area contributed by atoms with Gasteiger partial charge in [0.05, 0.1) is 16.6 Å². The minimum Gasteiger partial charge on any atom is -0.495 e. The molecular formula is C12H10BrClN2O. The Morgan fingerprint density at radius 1 is 1.29 bits per heavy atom. The van der Waals surface area contributed by atoms with Gasteiger partial charge in [-0.05, 0) is 40.2 Å². The summed E-state index contributed by atoms with van der Waals surface area (Å²) >= 11 is 9.17. The largest absolute Gasteiger partial charge is 0.495 e. The molecule has 0 fully saturated rings. The predicted molar refractivity (Wildman–Crippen MR) is 73.2 cm³/mol. The third-order valence-corrected chi connectivity index (χ3v) is 3.03. The van der Waals surface area contributed by atoms with Gasteiger partial charge < -0.3 is 10.1 Å². The molecule has 0 aliphatic heterocycles. The zero-order chi connectivity index (χ0) is 12.3. The molecule has 1 N–H and O–H groups in total. The van der Waals surface area contributed by atoms with E-state index < -0.39 is 0 Å². The van der Waals surface area contributed by atoms with Crippen molar-refractivity contribution in [3.8, 4) is 5.75 Å². The van der Waals surface area contributed by atoms with E-state index in [1.165, 1.54) is 0 Å². The highest BCUT2D eigenvalue weighted by molar-refractivity contribution is 9.10. The molecule has 0 aliphatic carbocycles. The molecule has 17 heavy (non-hydrogen) atoms. The molecule has 2 rings (SSSR count). The van der Waals surface area contributed by atoms with Crippen molar-refractivity contribution in [2.45, 2.75) is 0 Å². The summed E-state index contributed by atoms with van der Waals surface area (Å²) in [6.45, 7) is 0. The van der Waals surface area contributed by atoms with E-state index in [0.717, 1.165) is 21.7 Å². The molecule has 3 nitrogen and oxygen atoms in total. The average Bonchev–Trinajstić information content (AvgIpc) is 2.34. The predicted octanol–water partition coefficient (Wildman–Crippen LogP) is 4.25. The second kappa shape index (κ2) is 5.38. The van der Waals surface area contributed by atoms with Gasteiger partial charge in [0.1, 0.15) is 11.6 Å². The van der Waals surface area contributed by atoms with Crippen molar-refractivity contribution in [2.75, 3.05) is 12.4 Å². The number of nitrogens with one attached hydrogen (secondary N) is 1. The van der Waals surface area contributed by atoms with Crippen LogP contribution in [0.4, 0.5) is 11.5 Å². The highest BCUT2D eigenvalue weighted by Gasteiger charge is 2.02. The molecular weight excluding hydrogens is 304 g/mol. The van der Waals surface area contributed by atoms with E-state index in [1.54, 1.807) is 19.4 Å². The summed E-state index contributed by atoms with van der Waals surface area (Å²) in [7, 11) is 1.63. The number of rotatable bonds is 3. The maximum Gasteiger partial charge on any atom is 0.135 e. The van der Waals surface area contributed by atoms with Crippen LogP contribution in [0.1, 0.15) is 0 Å². The van der Waals surface area contributed by atoms with Crippen molar-refractivity contribution in [3.63, 3.8) is 0 Å². The molecule has 0 saturated heterocycles. The topological polar surface area (TPSA) is 34.1 Å². The Hall–Kier alpha value is -1.26. The Balaban J connectivity index is 2.21. The summed E-state index contributed by atoms with van der Waals surface area (Å²) in [4.78, 5) is 4.16. The maximum atomic E-state index is 5.77. The molecule has 0 spiro atoms. The van der Waals surface area contributed by atoms with Crippen LogP contribution in [0.3, 0.4) is 0 Å². The molecule has 2 aromatic rings. The fourth-order valence-electron chi connectivity index (χ4n) is 1.34. The van der Waals surface area contributed by atoms with Crippen LogP contribution in [0.5, 0.6) is 5.75 Å². The first-order valence-corrected chi connectivity index (χ1v) is 6.08. The standard InChI is InChI=1S/C12H10BrClN2O/c1-17-11-6-9(3-4-10(11)13)16-12-5-2-8(14)7-15-12/h2-7H,1H3,(H,15,16). The smallest absolute Gasteiger partial charge is 0.135 e. The molecule has 0 atom stereocenters. The highest BCUT2D eigenvalue weighted by atomic mass is 79.9. The zero-order valence-electron chi connectivity index (χ0n) is 9.08. The summed E-state index contributed by atoms with van der Waals surface area (Å²) in [5, 5.41) is 3.78. The Kier molecular flexibility index (Phi) is 3.86. The maximum absolute atomic E-state index is 5.77. The van der Waals surface area contributed by atoms with Crippen LogP contribution in [-0.2, 0) is 0 Å². The van der Waals surface area contributed by atoms with Crippen molar-refractivity contribution in [1.82, 2.24) is 4.98 Å². The third kappa shape index (κ3) is 3.11. The van der Waals surface area contributed by atoms with Crippen molar-refractivity contribution < 1.29 is 4.74 Å². The molecule has 0 unspecified atom stereocenters. The molecule has 1 aromatic heterocycles. The molecule has 0 saturated carbocycles. The van der Waals surface area contributed by atoms with Crippen LogP contribution in [0, 0.1) is 0 Å². The quantitative estimate of drug-likeness (QED) is 0.920. The monoisotopic (exact) mass is 312 g/mol. The molecule has 1 heterocycles. The lowest BCUT2D eigenvalue weighted by molar-refractivity contribution is 0.412. The molecule has 0 aliphatic rings. The number of aromatic nitrogens is 1. The van der Waals surface area contributed by atoms with Crippen molar-refractivity contribution in [2.24, 2.45) is 0 Å². The Bertz CT molecular complexity index is 516. The van der Waals surface area contributed by atoms with Crippen LogP contribution in [0.25, 0.3) is 0 Å². The number of hydrogen-bond acceptors (Lipinski definition) is 3. The van der Waals surface area contributed by atoms with Gasteiger partial charge in [-0.1, -0.05) is 11.6 Å². The normalized spacial score (nSPS) is 10.1.